The zero-order valence-corrected chi connectivity index (χ0v) is 10.5. The Balaban J connectivity index is 2.15. The molecule has 0 unspecified atom stereocenters. The van der Waals surface area contributed by atoms with Gasteiger partial charge in [0.05, 0.1) is 0 Å². The van der Waals surface area contributed by atoms with Crippen molar-refractivity contribution < 1.29 is 9.90 Å². The van der Waals surface area contributed by atoms with Crippen LogP contribution in [0.25, 0.3) is 0 Å². The van der Waals surface area contributed by atoms with Gasteiger partial charge in [0.1, 0.15) is 0 Å². The lowest BCUT2D eigenvalue weighted by Gasteiger charge is -2.03. The number of carbonyl (C=O) groups is 1. The molecular formula is C11H14INO2. The Morgan fingerprint density at radius 1 is 1.33 bits per heavy atom. The molecule has 0 aromatic heterocycles. The highest BCUT2D eigenvalue weighted by Crippen LogP contribution is 2.06. The molecule has 0 amide bonds. The first-order valence-corrected chi connectivity index (χ1v) is 5.93. The number of nitrogens with one attached hydrogen (secondary N) is 1. The maximum atomic E-state index is 10.2. The van der Waals surface area contributed by atoms with Crippen LogP contribution in [0.3, 0.4) is 0 Å². The summed E-state index contributed by atoms with van der Waals surface area (Å²) in [6.07, 6.45) is 0.916. The van der Waals surface area contributed by atoms with Crippen LogP contribution in [0.2, 0.25) is 0 Å². The van der Waals surface area contributed by atoms with Crippen molar-refractivity contribution in [2.24, 2.45) is 0 Å². The molecule has 0 radical (unpaired) electrons. The van der Waals surface area contributed by atoms with E-state index >= 15 is 0 Å². The van der Waals surface area contributed by atoms with Crippen molar-refractivity contribution in [1.29, 1.82) is 0 Å². The lowest BCUT2D eigenvalue weighted by molar-refractivity contribution is -0.137. The zero-order chi connectivity index (χ0) is 11.1. The van der Waals surface area contributed by atoms with Crippen LogP contribution in [-0.4, -0.2) is 17.6 Å². The van der Waals surface area contributed by atoms with Gasteiger partial charge in [-0.3, -0.25) is 4.79 Å². The van der Waals surface area contributed by atoms with Crippen LogP contribution in [0.5, 0.6) is 0 Å². The summed E-state index contributed by atoms with van der Waals surface area (Å²) in [5, 5.41) is 11.6. The van der Waals surface area contributed by atoms with Gasteiger partial charge in [-0.1, -0.05) is 12.1 Å². The third-order valence-corrected chi connectivity index (χ3v) is 2.71. The predicted molar refractivity (Wildman–Crippen MR) is 67.7 cm³/mol. The van der Waals surface area contributed by atoms with Gasteiger partial charge in [-0.25, -0.2) is 0 Å². The number of carboxylic acids is 1. The molecule has 82 valence electrons. The number of hydrogen-bond acceptors (Lipinski definition) is 2. The number of halogens is 1. The number of rotatable bonds is 6. The first-order valence-electron chi connectivity index (χ1n) is 4.85. The lowest BCUT2D eigenvalue weighted by Crippen LogP contribution is -2.15. The number of benzene rings is 1. The molecule has 1 aromatic rings. The average Bonchev–Trinajstić information content (AvgIpc) is 2.20. The summed E-state index contributed by atoms with van der Waals surface area (Å²) in [5.74, 6) is -0.730. The molecule has 0 saturated carbocycles. The SMILES string of the molecule is O=C(O)CCCNCc1ccc(I)cc1. The van der Waals surface area contributed by atoms with Gasteiger partial charge in [0, 0.05) is 16.5 Å². The zero-order valence-electron chi connectivity index (χ0n) is 8.37. The first kappa shape index (κ1) is 12.4. The molecular weight excluding hydrogens is 305 g/mol. The summed E-state index contributed by atoms with van der Waals surface area (Å²) in [4.78, 5) is 10.2. The van der Waals surface area contributed by atoms with E-state index in [9.17, 15) is 4.79 Å². The molecule has 0 saturated heterocycles. The molecule has 0 aliphatic carbocycles. The second-order valence-corrected chi connectivity index (χ2v) is 4.55. The topological polar surface area (TPSA) is 49.3 Å². The van der Waals surface area contributed by atoms with Crippen LogP contribution in [0.15, 0.2) is 24.3 Å². The average molecular weight is 319 g/mol. The van der Waals surface area contributed by atoms with Gasteiger partial charge in [0.15, 0.2) is 0 Å². The Hall–Kier alpha value is -0.620. The Morgan fingerprint density at radius 2 is 2.00 bits per heavy atom. The molecule has 1 aromatic carbocycles. The van der Waals surface area contributed by atoms with Crippen molar-refractivity contribution >= 4 is 28.6 Å². The number of hydrogen-bond donors (Lipinski definition) is 2. The van der Waals surface area contributed by atoms with Gasteiger partial charge in [-0.2, -0.15) is 0 Å². The van der Waals surface area contributed by atoms with Crippen LogP contribution in [0.4, 0.5) is 0 Å². The summed E-state index contributed by atoms with van der Waals surface area (Å²) in [7, 11) is 0. The third kappa shape index (κ3) is 5.74. The molecule has 0 spiro atoms. The molecule has 1 rings (SSSR count). The molecule has 4 heteroatoms. The Labute approximate surface area is 103 Å². The molecule has 0 fully saturated rings. The fourth-order valence-electron chi connectivity index (χ4n) is 1.20. The Kier molecular flexibility index (Phi) is 5.63. The summed E-state index contributed by atoms with van der Waals surface area (Å²) >= 11 is 2.27. The molecule has 0 aliphatic heterocycles. The predicted octanol–water partition coefficient (Wildman–Crippen LogP) is 2.25. The van der Waals surface area contributed by atoms with Gasteiger partial charge < -0.3 is 10.4 Å². The van der Waals surface area contributed by atoms with E-state index < -0.39 is 5.97 Å². The standard InChI is InChI=1S/C11H14INO2/c12-10-5-3-9(4-6-10)8-13-7-1-2-11(14)15/h3-6,13H,1-2,7-8H2,(H,14,15). The van der Waals surface area contributed by atoms with Gasteiger partial charge in [0.25, 0.3) is 0 Å². The number of carboxylic acid groups (broad SMARTS) is 1. The van der Waals surface area contributed by atoms with E-state index in [0.717, 1.165) is 13.1 Å². The van der Waals surface area contributed by atoms with Crippen molar-refractivity contribution in [1.82, 2.24) is 5.32 Å². The second kappa shape index (κ2) is 6.79. The van der Waals surface area contributed by atoms with Crippen molar-refractivity contribution in [2.75, 3.05) is 6.54 Å². The van der Waals surface area contributed by atoms with Gasteiger partial charge >= 0.3 is 5.97 Å². The van der Waals surface area contributed by atoms with Crippen molar-refractivity contribution in [3.05, 3.63) is 33.4 Å². The fourth-order valence-corrected chi connectivity index (χ4v) is 1.56. The third-order valence-electron chi connectivity index (χ3n) is 1.99. The summed E-state index contributed by atoms with van der Waals surface area (Å²) in [5.41, 5.74) is 1.23. The first-order chi connectivity index (χ1) is 7.18. The molecule has 3 nitrogen and oxygen atoms in total. The van der Waals surface area contributed by atoms with Crippen molar-refractivity contribution in [3.8, 4) is 0 Å². The van der Waals surface area contributed by atoms with Crippen molar-refractivity contribution in [3.63, 3.8) is 0 Å². The Bertz CT molecular complexity index is 311. The van der Waals surface area contributed by atoms with Crippen LogP contribution in [-0.2, 0) is 11.3 Å². The summed E-state index contributed by atoms with van der Waals surface area (Å²) in [6, 6.07) is 8.28. The van der Waals surface area contributed by atoms with E-state index in [-0.39, 0.29) is 6.42 Å². The van der Waals surface area contributed by atoms with Gasteiger partial charge in [-0.05, 0) is 53.3 Å². The molecule has 0 aliphatic rings. The Morgan fingerprint density at radius 3 is 2.60 bits per heavy atom. The lowest BCUT2D eigenvalue weighted by atomic mass is 10.2. The van der Waals surface area contributed by atoms with Crippen LogP contribution in [0.1, 0.15) is 18.4 Å². The molecule has 2 N–H and O–H groups in total. The second-order valence-electron chi connectivity index (χ2n) is 3.30. The minimum atomic E-state index is -0.730. The highest BCUT2D eigenvalue weighted by Gasteiger charge is 1.96. The maximum absolute atomic E-state index is 10.2. The monoisotopic (exact) mass is 319 g/mol. The van der Waals surface area contributed by atoms with Crippen molar-refractivity contribution in [2.45, 2.75) is 19.4 Å². The van der Waals surface area contributed by atoms with E-state index in [2.05, 4.69) is 52.2 Å². The molecule has 0 bridgehead atoms. The quantitative estimate of drug-likeness (QED) is 0.625. The fraction of sp³-hybridized carbons (Fsp3) is 0.364. The van der Waals surface area contributed by atoms with E-state index in [1.54, 1.807) is 0 Å². The molecule has 0 heterocycles. The molecule has 15 heavy (non-hydrogen) atoms. The van der Waals surface area contributed by atoms with Crippen LogP contribution < -0.4 is 5.32 Å². The largest absolute Gasteiger partial charge is 0.481 e. The van der Waals surface area contributed by atoms with E-state index in [1.165, 1.54) is 9.13 Å². The molecule has 0 atom stereocenters. The maximum Gasteiger partial charge on any atom is 0.303 e. The highest BCUT2D eigenvalue weighted by atomic mass is 127. The summed E-state index contributed by atoms with van der Waals surface area (Å²) in [6.45, 7) is 1.55. The van der Waals surface area contributed by atoms with Gasteiger partial charge in [-0.15, -0.1) is 0 Å². The van der Waals surface area contributed by atoms with Gasteiger partial charge in [0.2, 0.25) is 0 Å². The summed E-state index contributed by atoms with van der Waals surface area (Å²) < 4.78 is 1.22. The van der Waals surface area contributed by atoms with E-state index in [4.69, 9.17) is 5.11 Å². The van der Waals surface area contributed by atoms with E-state index in [0.29, 0.717) is 6.42 Å². The van der Waals surface area contributed by atoms with E-state index in [1.807, 2.05) is 0 Å². The van der Waals surface area contributed by atoms with Crippen LogP contribution in [0, 0.1) is 3.57 Å². The van der Waals surface area contributed by atoms with Crippen LogP contribution >= 0.6 is 22.6 Å². The minimum absolute atomic E-state index is 0.236. The number of aliphatic carboxylic acids is 1. The minimum Gasteiger partial charge on any atom is -0.481 e. The smallest absolute Gasteiger partial charge is 0.303 e. The normalized spacial score (nSPS) is 10.2. The highest BCUT2D eigenvalue weighted by molar-refractivity contribution is 14.1.